The van der Waals surface area contributed by atoms with E-state index < -0.39 is 0 Å². The third kappa shape index (κ3) is 5.84. The predicted octanol–water partition coefficient (Wildman–Crippen LogP) is 5.99. The molecular formula is C33H37FN8O2. The monoisotopic (exact) mass is 596 g/mol. The van der Waals surface area contributed by atoms with Crippen LogP contribution in [0.15, 0.2) is 47.4 Å². The minimum atomic E-state index is -0.335. The van der Waals surface area contributed by atoms with Crippen LogP contribution in [0.3, 0.4) is 0 Å². The van der Waals surface area contributed by atoms with E-state index in [1.807, 2.05) is 58.2 Å². The largest absolute Gasteiger partial charge is 0.354 e. The number of anilines is 1. The topological polar surface area (TPSA) is 126 Å². The Kier molecular flexibility index (Phi) is 7.98. The minimum absolute atomic E-state index is 0.0579. The van der Waals surface area contributed by atoms with Crippen molar-refractivity contribution < 1.29 is 13.7 Å². The van der Waals surface area contributed by atoms with E-state index in [9.17, 15) is 4.79 Å². The number of pyridine rings is 1. The van der Waals surface area contributed by atoms with E-state index in [4.69, 9.17) is 4.52 Å². The first-order valence-electron chi connectivity index (χ1n) is 15.0. The number of nitrogens with zero attached hydrogens (tertiary/aromatic N) is 6. The van der Waals surface area contributed by atoms with Gasteiger partial charge in [-0.15, -0.1) is 0 Å². The highest BCUT2D eigenvalue weighted by Crippen LogP contribution is 2.35. The third-order valence-electron chi connectivity index (χ3n) is 8.26. The van der Waals surface area contributed by atoms with Crippen molar-refractivity contribution >= 4 is 22.6 Å². The van der Waals surface area contributed by atoms with Crippen LogP contribution in [0.1, 0.15) is 74.1 Å². The summed E-state index contributed by atoms with van der Waals surface area (Å²) in [7, 11) is 0. The molecular weight excluding hydrogens is 559 g/mol. The lowest BCUT2D eigenvalue weighted by molar-refractivity contribution is 0.0965. The van der Waals surface area contributed by atoms with Gasteiger partial charge in [-0.2, -0.15) is 4.98 Å². The van der Waals surface area contributed by atoms with Crippen LogP contribution < -0.4 is 10.2 Å². The second kappa shape index (κ2) is 11.9. The fraction of sp³-hybridized carbons (Fsp3) is 0.394. The zero-order chi connectivity index (χ0) is 31.0. The van der Waals surface area contributed by atoms with Gasteiger partial charge in [0.15, 0.2) is 0 Å². The Morgan fingerprint density at radius 3 is 2.61 bits per heavy atom. The summed E-state index contributed by atoms with van der Waals surface area (Å²) in [6.07, 6.45) is 4.06. The Morgan fingerprint density at radius 2 is 1.91 bits per heavy atom. The normalized spacial score (nSPS) is 14.7. The summed E-state index contributed by atoms with van der Waals surface area (Å²) in [6.45, 7) is 13.4. The van der Waals surface area contributed by atoms with Crippen LogP contribution in [0, 0.1) is 12.7 Å². The van der Waals surface area contributed by atoms with E-state index in [2.05, 4.69) is 40.3 Å². The van der Waals surface area contributed by atoms with Crippen molar-refractivity contribution in [1.29, 1.82) is 0 Å². The number of rotatable bonds is 8. The first kappa shape index (κ1) is 29.6. The Balaban J connectivity index is 1.20. The van der Waals surface area contributed by atoms with Crippen LogP contribution >= 0.6 is 0 Å². The van der Waals surface area contributed by atoms with Gasteiger partial charge in [0.2, 0.25) is 17.5 Å². The number of benzene rings is 1. The summed E-state index contributed by atoms with van der Waals surface area (Å²) in [6, 6.07) is 9.71. The second-order valence-electron chi connectivity index (χ2n) is 12.5. The number of hydrogen-bond acceptors (Lipinski definition) is 9. The summed E-state index contributed by atoms with van der Waals surface area (Å²) in [5, 5.41) is 7.95. The lowest BCUT2D eigenvalue weighted by Gasteiger charge is -2.28. The summed E-state index contributed by atoms with van der Waals surface area (Å²) < 4.78 is 21.2. The smallest absolute Gasteiger partial charge is 0.238 e. The van der Waals surface area contributed by atoms with Gasteiger partial charge in [0.05, 0.1) is 5.69 Å². The van der Waals surface area contributed by atoms with Crippen molar-refractivity contribution in [2.45, 2.75) is 58.8 Å². The molecule has 1 saturated heterocycles. The molecule has 5 aromatic rings. The van der Waals surface area contributed by atoms with Gasteiger partial charge >= 0.3 is 0 Å². The molecule has 0 radical (unpaired) electrons. The second-order valence-corrected chi connectivity index (χ2v) is 12.5. The highest BCUT2D eigenvalue weighted by atomic mass is 19.1. The zero-order valence-corrected chi connectivity index (χ0v) is 25.7. The molecule has 4 aromatic heterocycles. The van der Waals surface area contributed by atoms with Gasteiger partial charge in [0.25, 0.3) is 0 Å². The van der Waals surface area contributed by atoms with Crippen molar-refractivity contribution in [3.8, 4) is 22.5 Å². The number of aromatic nitrogens is 6. The molecule has 10 nitrogen and oxygen atoms in total. The molecule has 0 amide bonds. The molecule has 1 aliphatic rings. The standard InChI is InChI=1S/C33H37FN8O2/c1-19(6-10-26(43)31-40-32(44-41-31)33(3,4)5)22-8-9-23(28(34)20(22)2)29-24-16-25(39-30(24)38-18-37-29)21-7-11-27(36-17-21)42-14-12-35-13-15-42/h7-9,11,16-19,35H,6,10,12-15H2,1-5H3,(H,37,38,39)/t19-/m0/s1. The van der Waals surface area contributed by atoms with Crippen LogP contribution in [-0.2, 0) is 5.41 Å². The molecule has 0 aliphatic carbocycles. The molecule has 5 heterocycles. The van der Waals surface area contributed by atoms with E-state index in [-0.39, 0.29) is 35.2 Å². The highest BCUT2D eigenvalue weighted by molar-refractivity contribution is 5.94. The molecule has 0 bridgehead atoms. The van der Waals surface area contributed by atoms with Gasteiger partial charge in [-0.3, -0.25) is 4.79 Å². The number of fused-ring (bicyclic) bond motifs is 1. The first-order valence-corrected chi connectivity index (χ1v) is 15.0. The third-order valence-corrected chi connectivity index (χ3v) is 8.26. The number of piperazine rings is 1. The quantitative estimate of drug-likeness (QED) is 0.208. The van der Waals surface area contributed by atoms with E-state index >= 15 is 4.39 Å². The molecule has 1 aromatic carbocycles. The molecule has 0 saturated carbocycles. The number of hydrogen-bond donors (Lipinski definition) is 2. The highest BCUT2D eigenvalue weighted by Gasteiger charge is 2.25. The average molecular weight is 597 g/mol. The maximum Gasteiger partial charge on any atom is 0.238 e. The van der Waals surface area contributed by atoms with Crippen LogP contribution in [0.5, 0.6) is 0 Å². The zero-order valence-electron chi connectivity index (χ0n) is 25.7. The van der Waals surface area contributed by atoms with E-state index in [0.717, 1.165) is 54.2 Å². The average Bonchev–Trinajstić information content (AvgIpc) is 3.70. The number of nitrogens with one attached hydrogen (secondary N) is 2. The fourth-order valence-corrected chi connectivity index (χ4v) is 5.61. The Bertz CT molecular complexity index is 1800. The number of halogens is 1. The van der Waals surface area contributed by atoms with Crippen LogP contribution in [-0.4, -0.2) is 62.0 Å². The molecule has 6 rings (SSSR count). The summed E-state index contributed by atoms with van der Waals surface area (Å²) >= 11 is 0. The van der Waals surface area contributed by atoms with Crippen molar-refractivity contribution in [2.75, 3.05) is 31.1 Å². The van der Waals surface area contributed by atoms with Crippen LogP contribution in [0.4, 0.5) is 10.2 Å². The molecule has 1 atom stereocenters. The molecule has 0 spiro atoms. The summed E-state index contributed by atoms with van der Waals surface area (Å²) in [5.74, 6) is 0.885. The van der Waals surface area contributed by atoms with Gasteiger partial charge < -0.3 is 19.7 Å². The van der Waals surface area contributed by atoms with Crippen molar-refractivity contribution in [3.05, 3.63) is 71.5 Å². The number of aromatic amines is 1. The Hall–Kier alpha value is -4.51. The summed E-state index contributed by atoms with van der Waals surface area (Å²) in [5.41, 5.74) is 4.35. The van der Waals surface area contributed by atoms with E-state index in [0.29, 0.717) is 34.8 Å². The van der Waals surface area contributed by atoms with Gasteiger partial charge in [0, 0.05) is 66.4 Å². The minimum Gasteiger partial charge on any atom is -0.354 e. The van der Waals surface area contributed by atoms with Gasteiger partial charge in [-0.1, -0.05) is 38.9 Å². The van der Waals surface area contributed by atoms with Gasteiger partial charge in [0.1, 0.15) is 23.6 Å². The molecule has 1 aliphatic heterocycles. The SMILES string of the molecule is Cc1c([C@@H](C)CCC(=O)c2noc(C(C)(C)C)n2)ccc(-c2ncnc3[nH]c(-c4ccc(N5CCNCC5)nc4)cc23)c1F. The van der Waals surface area contributed by atoms with E-state index in [1.54, 1.807) is 13.0 Å². The molecule has 228 valence electrons. The number of ketones is 1. The molecule has 11 heteroatoms. The number of Topliss-reactive ketones (excluding diaryl/α,β-unsaturated/α-hetero) is 1. The van der Waals surface area contributed by atoms with Crippen molar-refractivity contribution in [1.82, 2.24) is 35.4 Å². The molecule has 2 N–H and O–H groups in total. The summed E-state index contributed by atoms with van der Waals surface area (Å²) in [4.78, 5) is 36.2. The maximum atomic E-state index is 16.0. The van der Waals surface area contributed by atoms with Crippen molar-refractivity contribution in [2.24, 2.45) is 0 Å². The van der Waals surface area contributed by atoms with E-state index in [1.165, 1.54) is 6.33 Å². The Labute approximate surface area is 255 Å². The number of carbonyl (C=O) groups excluding carboxylic acids is 1. The van der Waals surface area contributed by atoms with Crippen molar-refractivity contribution in [3.63, 3.8) is 0 Å². The molecule has 44 heavy (non-hydrogen) atoms. The van der Waals surface area contributed by atoms with Gasteiger partial charge in [-0.05, 0) is 54.7 Å². The number of carbonyl (C=O) groups is 1. The maximum absolute atomic E-state index is 16.0. The molecule has 0 unspecified atom stereocenters. The lowest BCUT2D eigenvalue weighted by atomic mass is 9.89. The fourth-order valence-electron chi connectivity index (χ4n) is 5.61. The number of H-pyrrole nitrogens is 1. The predicted molar refractivity (Wildman–Crippen MR) is 167 cm³/mol. The molecule has 1 fully saturated rings. The van der Waals surface area contributed by atoms with Crippen LogP contribution in [0.25, 0.3) is 33.5 Å². The Morgan fingerprint density at radius 1 is 1.11 bits per heavy atom. The van der Waals surface area contributed by atoms with Gasteiger partial charge in [-0.25, -0.2) is 19.3 Å². The first-order chi connectivity index (χ1) is 21.1. The lowest BCUT2D eigenvalue weighted by Crippen LogP contribution is -2.43. The van der Waals surface area contributed by atoms with Crippen LogP contribution in [0.2, 0.25) is 0 Å².